The molecule has 0 amide bonds. The highest BCUT2D eigenvalue weighted by molar-refractivity contribution is 8.02. The largest absolute Gasteiger partial charge is 0.497 e. The molecule has 2 heterocycles. The molecule has 0 saturated heterocycles. The Labute approximate surface area is 187 Å². The van der Waals surface area contributed by atoms with E-state index < -0.39 is 0 Å². The normalized spacial score (nSPS) is 22.0. The first-order valence-corrected chi connectivity index (χ1v) is 11.5. The zero-order chi connectivity index (χ0) is 21.3. The van der Waals surface area contributed by atoms with E-state index in [9.17, 15) is 0 Å². The van der Waals surface area contributed by atoms with Crippen LogP contribution in [0.1, 0.15) is 22.3 Å². The Morgan fingerprint density at radius 1 is 1.03 bits per heavy atom. The van der Waals surface area contributed by atoms with Crippen molar-refractivity contribution >= 4 is 17.5 Å². The summed E-state index contributed by atoms with van der Waals surface area (Å²) >= 11 is 1.75. The van der Waals surface area contributed by atoms with E-state index in [1.54, 1.807) is 18.9 Å². The zero-order valence-corrected chi connectivity index (χ0v) is 18.4. The standard InChI is InChI=1S/C26H26N2O2S/c1-29-22-9-5-6-18(15-22)16-26(17-19-10-11-23-21(14-19)12-13-30-23)24(28-25(27)31-26)20-7-3-2-4-8-20/h2-11,14-15,25H,12-13,16-17,27H2,1H3. The van der Waals surface area contributed by atoms with Gasteiger partial charge in [-0.05, 0) is 53.3 Å². The number of rotatable bonds is 6. The van der Waals surface area contributed by atoms with Crippen LogP contribution in [0.4, 0.5) is 0 Å². The van der Waals surface area contributed by atoms with Crippen molar-refractivity contribution in [3.05, 3.63) is 95.1 Å². The van der Waals surface area contributed by atoms with Crippen molar-refractivity contribution in [3.8, 4) is 11.5 Å². The lowest BCUT2D eigenvalue weighted by molar-refractivity contribution is 0.357. The number of benzene rings is 3. The molecule has 2 unspecified atom stereocenters. The van der Waals surface area contributed by atoms with E-state index in [2.05, 4.69) is 54.6 Å². The summed E-state index contributed by atoms with van der Waals surface area (Å²) < 4.78 is 10.9. The molecule has 0 spiro atoms. The predicted octanol–water partition coefficient (Wildman–Crippen LogP) is 4.63. The lowest BCUT2D eigenvalue weighted by Crippen LogP contribution is -2.38. The van der Waals surface area contributed by atoms with Gasteiger partial charge in [0.15, 0.2) is 0 Å². The van der Waals surface area contributed by atoms with E-state index in [4.69, 9.17) is 20.2 Å². The molecular formula is C26H26N2O2S. The number of nitrogens with two attached hydrogens (primary N) is 1. The summed E-state index contributed by atoms with van der Waals surface area (Å²) in [4.78, 5) is 4.92. The topological polar surface area (TPSA) is 56.8 Å². The van der Waals surface area contributed by atoms with Crippen molar-refractivity contribution < 1.29 is 9.47 Å². The average Bonchev–Trinajstić information content (AvgIpc) is 3.38. The van der Waals surface area contributed by atoms with E-state index in [1.165, 1.54) is 16.7 Å². The SMILES string of the molecule is COc1cccc(CC2(Cc3ccc4c(c3)CCO4)SC(N)N=C2c2ccccc2)c1. The van der Waals surface area contributed by atoms with Gasteiger partial charge in [0.05, 0.1) is 24.2 Å². The molecule has 2 N–H and O–H groups in total. The highest BCUT2D eigenvalue weighted by atomic mass is 32.2. The van der Waals surface area contributed by atoms with Gasteiger partial charge in [-0.3, -0.25) is 4.99 Å². The number of methoxy groups -OCH3 is 1. The minimum Gasteiger partial charge on any atom is -0.497 e. The van der Waals surface area contributed by atoms with Gasteiger partial charge in [-0.2, -0.15) is 0 Å². The van der Waals surface area contributed by atoms with E-state index >= 15 is 0 Å². The highest BCUT2D eigenvalue weighted by Gasteiger charge is 2.44. The van der Waals surface area contributed by atoms with E-state index in [0.29, 0.717) is 0 Å². The molecule has 0 radical (unpaired) electrons. The Kier molecular flexibility index (Phi) is 5.47. The van der Waals surface area contributed by atoms with E-state index in [1.807, 2.05) is 18.2 Å². The number of ether oxygens (including phenoxy) is 2. The Morgan fingerprint density at radius 2 is 1.84 bits per heavy atom. The predicted molar refractivity (Wildman–Crippen MR) is 127 cm³/mol. The number of thioether (sulfide) groups is 1. The van der Waals surface area contributed by atoms with Gasteiger partial charge in [-0.15, -0.1) is 11.8 Å². The molecule has 31 heavy (non-hydrogen) atoms. The molecule has 2 aliphatic heterocycles. The van der Waals surface area contributed by atoms with Crippen molar-refractivity contribution in [3.63, 3.8) is 0 Å². The maximum atomic E-state index is 6.42. The third kappa shape index (κ3) is 4.08. The summed E-state index contributed by atoms with van der Waals surface area (Å²) in [5.41, 5.74) is 12.1. The second-order valence-electron chi connectivity index (χ2n) is 8.09. The third-order valence-corrected chi connectivity index (χ3v) is 7.23. The Morgan fingerprint density at radius 3 is 2.65 bits per heavy atom. The molecule has 5 rings (SSSR count). The molecule has 0 fully saturated rings. The van der Waals surface area contributed by atoms with Gasteiger partial charge in [0.1, 0.15) is 17.0 Å². The van der Waals surface area contributed by atoms with Gasteiger partial charge in [-0.25, -0.2) is 0 Å². The van der Waals surface area contributed by atoms with Crippen molar-refractivity contribution in [1.82, 2.24) is 0 Å². The summed E-state index contributed by atoms with van der Waals surface area (Å²) in [6.07, 6.45) is 2.64. The van der Waals surface area contributed by atoms with Crippen LogP contribution in [0.25, 0.3) is 0 Å². The lowest BCUT2D eigenvalue weighted by atomic mass is 9.84. The second kappa shape index (κ2) is 8.40. The summed E-state index contributed by atoms with van der Waals surface area (Å²) in [5, 5.41) is 0. The summed E-state index contributed by atoms with van der Waals surface area (Å²) in [6.45, 7) is 0.768. The maximum Gasteiger partial charge on any atom is 0.145 e. The first kappa shape index (κ1) is 20.2. The number of hydrogen-bond donors (Lipinski definition) is 1. The van der Waals surface area contributed by atoms with Gasteiger partial charge >= 0.3 is 0 Å². The fourth-order valence-corrected chi connectivity index (χ4v) is 6.00. The molecule has 3 aromatic carbocycles. The van der Waals surface area contributed by atoms with Crippen LogP contribution in [0, 0.1) is 0 Å². The van der Waals surface area contributed by atoms with Crippen molar-refractivity contribution in [2.75, 3.05) is 13.7 Å². The molecule has 2 atom stereocenters. The fourth-order valence-electron chi connectivity index (χ4n) is 4.60. The number of fused-ring (bicyclic) bond motifs is 1. The number of aliphatic imine (C=N–C) groups is 1. The van der Waals surface area contributed by atoms with Crippen LogP contribution in [0.5, 0.6) is 11.5 Å². The molecule has 158 valence electrons. The molecule has 2 aliphatic rings. The van der Waals surface area contributed by atoms with Gasteiger partial charge in [-0.1, -0.05) is 54.6 Å². The highest BCUT2D eigenvalue weighted by Crippen LogP contribution is 2.44. The van der Waals surface area contributed by atoms with Gasteiger partial charge in [0.2, 0.25) is 0 Å². The number of nitrogens with zero attached hydrogens (tertiary/aromatic N) is 1. The van der Waals surface area contributed by atoms with E-state index in [-0.39, 0.29) is 10.2 Å². The van der Waals surface area contributed by atoms with Crippen LogP contribution in [-0.4, -0.2) is 29.7 Å². The second-order valence-corrected chi connectivity index (χ2v) is 9.59. The summed E-state index contributed by atoms with van der Waals surface area (Å²) in [7, 11) is 1.71. The van der Waals surface area contributed by atoms with E-state index in [0.717, 1.165) is 48.6 Å². The molecule has 0 bridgehead atoms. The minimum absolute atomic E-state index is 0.263. The molecular weight excluding hydrogens is 404 g/mol. The van der Waals surface area contributed by atoms with Gasteiger partial charge < -0.3 is 15.2 Å². The lowest BCUT2D eigenvalue weighted by Gasteiger charge is -2.31. The number of hydrogen-bond acceptors (Lipinski definition) is 5. The van der Waals surface area contributed by atoms with Crippen LogP contribution in [0.2, 0.25) is 0 Å². The summed E-state index contributed by atoms with van der Waals surface area (Å²) in [5.74, 6) is 1.88. The Balaban J connectivity index is 1.57. The molecule has 4 nitrogen and oxygen atoms in total. The Hall–Kier alpha value is -2.76. The van der Waals surface area contributed by atoms with Crippen molar-refractivity contribution in [1.29, 1.82) is 0 Å². The third-order valence-electron chi connectivity index (χ3n) is 5.95. The molecule has 0 saturated carbocycles. The molecule has 0 aromatic heterocycles. The van der Waals surface area contributed by atoms with Crippen LogP contribution in [-0.2, 0) is 19.3 Å². The van der Waals surface area contributed by atoms with Gasteiger partial charge in [0.25, 0.3) is 0 Å². The zero-order valence-electron chi connectivity index (χ0n) is 17.6. The molecule has 3 aromatic rings. The fraction of sp³-hybridized carbons (Fsp3) is 0.269. The van der Waals surface area contributed by atoms with Crippen LogP contribution >= 0.6 is 11.8 Å². The average molecular weight is 431 g/mol. The monoisotopic (exact) mass is 430 g/mol. The first-order chi connectivity index (χ1) is 15.1. The maximum absolute atomic E-state index is 6.42. The first-order valence-electron chi connectivity index (χ1n) is 10.6. The van der Waals surface area contributed by atoms with Crippen LogP contribution < -0.4 is 15.2 Å². The molecule has 0 aliphatic carbocycles. The Bertz CT molecular complexity index is 1120. The minimum atomic E-state index is -0.279. The van der Waals surface area contributed by atoms with Gasteiger partial charge in [0, 0.05) is 6.42 Å². The smallest absolute Gasteiger partial charge is 0.145 e. The summed E-state index contributed by atoms with van der Waals surface area (Å²) in [6, 6.07) is 25.3. The van der Waals surface area contributed by atoms with Crippen molar-refractivity contribution in [2.24, 2.45) is 10.7 Å². The van der Waals surface area contributed by atoms with Crippen molar-refractivity contribution in [2.45, 2.75) is 29.5 Å². The molecule has 5 heteroatoms. The van der Waals surface area contributed by atoms with Crippen LogP contribution in [0.15, 0.2) is 77.8 Å². The van der Waals surface area contributed by atoms with Crippen LogP contribution in [0.3, 0.4) is 0 Å². The quantitative estimate of drug-likeness (QED) is 0.619.